The van der Waals surface area contributed by atoms with E-state index in [1.807, 2.05) is 0 Å². The summed E-state index contributed by atoms with van der Waals surface area (Å²) in [5.41, 5.74) is 0.543. The molecule has 2 unspecified atom stereocenters. The van der Waals surface area contributed by atoms with Crippen LogP contribution in [0.1, 0.15) is 6.42 Å². The Morgan fingerprint density at radius 1 is 1.24 bits per heavy atom. The number of nitrogens with one attached hydrogen (secondary N) is 1. The standard InChI is InChI=1S/C14H15NO6/c1-20-12(16)7-21-9-4-2-8(3-5-9)15-13(17)10-6-11(10)14(18)19/h2-5,10-11H,6-7H2,1H3,(H,15,17)(H,18,19). The van der Waals surface area contributed by atoms with Crippen LogP contribution in [0.4, 0.5) is 5.69 Å². The van der Waals surface area contributed by atoms with Crippen molar-refractivity contribution >= 4 is 23.5 Å². The van der Waals surface area contributed by atoms with Gasteiger partial charge in [-0.1, -0.05) is 0 Å². The van der Waals surface area contributed by atoms with Gasteiger partial charge in [0, 0.05) is 5.69 Å². The molecule has 1 aromatic rings. The first-order chi connectivity index (χ1) is 10.0. The second-order valence-electron chi connectivity index (χ2n) is 4.67. The second kappa shape index (κ2) is 6.25. The minimum atomic E-state index is -0.943. The highest BCUT2D eigenvalue weighted by atomic mass is 16.6. The van der Waals surface area contributed by atoms with E-state index in [1.54, 1.807) is 24.3 Å². The molecule has 1 saturated carbocycles. The Kier molecular flexibility index (Phi) is 4.42. The zero-order valence-corrected chi connectivity index (χ0v) is 11.4. The molecule has 2 atom stereocenters. The number of aliphatic carboxylic acids is 1. The Bertz CT molecular complexity index is 553. The number of hydrogen-bond donors (Lipinski definition) is 2. The van der Waals surface area contributed by atoms with Gasteiger partial charge in [-0.05, 0) is 30.7 Å². The Hall–Kier alpha value is -2.57. The molecule has 1 amide bonds. The zero-order chi connectivity index (χ0) is 15.4. The lowest BCUT2D eigenvalue weighted by molar-refractivity contribution is -0.143. The minimum absolute atomic E-state index is 0.190. The Balaban J connectivity index is 1.84. The number of methoxy groups -OCH3 is 1. The maximum Gasteiger partial charge on any atom is 0.343 e. The van der Waals surface area contributed by atoms with Gasteiger partial charge >= 0.3 is 11.9 Å². The first kappa shape index (κ1) is 14.8. The van der Waals surface area contributed by atoms with E-state index in [2.05, 4.69) is 10.1 Å². The summed E-state index contributed by atoms with van der Waals surface area (Å²) in [6, 6.07) is 6.42. The van der Waals surface area contributed by atoms with Gasteiger partial charge in [0.1, 0.15) is 5.75 Å². The highest BCUT2D eigenvalue weighted by molar-refractivity contribution is 5.98. The van der Waals surface area contributed by atoms with E-state index < -0.39 is 23.8 Å². The predicted molar refractivity (Wildman–Crippen MR) is 71.8 cm³/mol. The molecule has 2 N–H and O–H groups in total. The van der Waals surface area contributed by atoms with Gasteiger partial charge < -0.3 is 19.9 Å². The van der Waals surface area contributed by atoms with Gasteiger partial charge in [-0.2, -0.15) is 0 Å². The van der Waals surface area contributed by atoms with Crippen molar-refractivity contribution in [1.82, 2.24) is 0 Å². The molecular formula is C14H15NO6. The van der Waals surface area contributed by atoms with Crippen molar-refractivity contribution in [3.05, 3.63) is 24.3 Å². The van der Waals surface area contributed by atoms with Crippen LogP contribution in [0.3, 0.4) is 0 Å². The highest BCUT2D eigenvalue weighted by Gasteiger charge is 2.48. The summed E-state index contributed by atoms with van der Waals surface area (Å²) in [5.74, 6) is -2.30. The molecule has 2 rings (SSSR count). The number of carbonyl (C=O) groups is 3. The summed E-state index contributed by atoms with van der Waals surface area (Å²) in [5, 5.41) is 11.4. The molecule has 1 aliphatic rings. The molecule has 0 bridgehead atoms. The Morgan fingerprint density at radius 2 is 1.90 bits per heavy atom. The van der Waals surface area contributed by atoms with E-state index in [0.717, 1.165) is 0 Å². The maximum atomic E-state index is 11.8. The summed E-state index contributed by atoms with van der Waals surface area (Å²) in [4.78, 5) is 33.4. The number of rotatable bonds is 6. The zero-order valence-electron chi connectivity index (χ0n) is 11.4. The van der Waals surface area contributed by atoms with Crippen LogP contribution in [-0.4, -0.2) is 36.7 Å². The number of esters is 1. The van der Waals surface area contributed by atoms with Crippen molar-refractivity contribution < 1.29 is 29.0 Å². The van der Waals surface area contributed by atoms with E-state index >= 15 is 0 Å². The lowest BCUT2D eigenvalue weighted by Gasteiger charge is -2.07. The number of anilines is 1. The lowest BCUT2D eigenvalue weighted by Crippen LogP contribution is -2.16. The van der Waals surface area contributed by atoms with E-state index in [4.69, 9.17) is 9.84 Å². The second-order valence-corrected chi connectivity index (χ2v) is 4.67. The topological polar surface area (TPSA) is 102 Å². The Morgan fingerprint density at radius 3 is 2.43 bits per heavy atom. The molecule has 0 aliphatic heterocycles. The maximum absolute atomic E-state index is 11.8. The fourth-order valence-electron chi connectivity index (χ4n) is 1.83. The number of benzene rings is 1. The van der Waals surface area contributed by atoms with Crippen molar-refractivity contribution in [3.63, 3.8) is 0 Å². The third kappa shape index (κ3) is 3.95. The molecule has 21 heavy (non-hydrogen) atoms. The number of carboxylic acid groups (broad SMARTS) is 1. The number of amides is 1. The molecule has 1 aromatic carbocycles. The van der Waals surface area contributed by atoms with E-state index in [1.165, 1.54) is 7.11 Å². The molecule has 0 radical (unpaired) electrons. The fraction of sp³-hybridized carbons (Fsp3) is 0.357. The number of carboxylic acids is 1. The first-order valence-electron chi connectivity index (χ1n) is 6.34. The third-order valence-corrected chi connectivity index (χ3v) is 3.15. The summed E-state index contributed by atoms with van der Waals surface area (Å²) in [6.45, 7) is -0.190. The molecular weight excluding hydrogens is 278 g/mol. The average Bonchev–Trinajstić information content (AvgIpc) is 3.27. The van der Waals surface area contributed by atoms with Gasteiger partial charge in [0.05, 0.1) is 18.9 Å². The summed E-state index contributed by atoms with van der Waals surface area (Å²) >= 11 is 0. The van der Waals surface area contributed by atoms with Crippen molar-refractivity contribution in [2.24, 2.45) is 11.8 Å². The minimum Gasteiger partial charge on any atom is -0.482 e. The molecule has 1 fully saturated rings. The van der Waals surface area contributed by atoms with Crippen LogP contribution in [-0.2, 0) is 19.1 Å². The molecule has 7 heteroatoms. The molecule has 0 aromatic heterocycles. The van der Waals surface area contributed by atoms with Gasteiger partial charge in [-0.15, -0.1) is 0 Å². The van der Waals surface area contributed by atoms with E-state index in [9.17, 15) is 14.4 Å². The van der Waals surface area contributed by atoms with Gasteiger partial charge in [-0.3, -0.25) is 9.59 Å². The van der Waals surface area contributed by atoms with Crippen molar-refractivity contribution in [2.45, 2.75) is 6.42 Å². The van der Waals surface area contributed by atoms with Crippen LogP contribution in [0.5, 0.6) is 5.75 Å². The molecule has 1 aliphatic carbocycles. The van der Waals surface area contributed by atoms with E-state index in [-0.39, 0.29) is 12.5 Å². The van der Waals surface area contributed by atoms with Gasteiger partial charge in [-0.25, -0.2) is 4.79 Å². The van der Waals surface area contributed by atoms with Crippen LogP contribution in [0, 0.1) is 11.8 Å². The summed E-state index contributed by atoms with van der Waals surface area (Å²) in [6.07, 6.45) is 0.376. The molecule has 112 valence electrons. The monoisotopic (exact) mass is 293 g/mol. The largest absolute Gasteiger partial charge is 0.482 e. The van der Waals surface area contributed by atoms with Gasteiger partial charge in [0.15, 0.2) is 6.61 Å². The third-order valence-electron chi connectivity index (χ3n) is 3.15. The first-order valence-corrected chi connectivity index (χ1v) is 6.34. The fourth-order valence-corrected chi connectivity index (χ4v) is 1.83. The lowest BCUT2D eigenvalue weighted by atomic mass is 10.2. The van der Waals surface area contributed by atoms with Gasteiger partial charge in [0.25, 0.3) is 0 Å². The number of carbonyl (C=O) groups excluding carboxylic acids is 2. The van der Waals surface area contributed by atoms with Crippen LogP contribution in [0.2, 0.25) is 0 Å². The Labute approximate surface area is 120 Å². The molecule has 0 spiro atoms. The summed E-state index contributed by atoms with van der Waals surface area (Å²) < 4.78 is 9.60. The normalized spacial score (nSPS) is 19.5. The van der Waals surface area contributed by atoms with Gasteiger partial charge in [0.2, 0.25) is 5.91 Å². The van der Waals surface area contributed by atoms with Crippen LogP contribution in [0.15, 0.2) is 24.3 Å². The van der Waals surface area contributed by atoms with Crippen LogP contribution >= 0.6 is 0 Å². The molecule has 0 saturated heterocycles. The average molecular weight is 293 g/mol. The molecule has 7 nitrogen and oxygen atoms in total. The number of hydrogen-bond acceptors (Lipinski definition) is 5. The number of ether oxygens (including phenoxy) is 2. The quantitative estimate of drug-likeness (QED) is 0.755. The summed E-state index contributed by atoms with van der Waals surface area (Å²) in [7, 11) is 1.27. The van der Waals surface area contributed by atoms with Crippen molar-refractivity contribution in [3.8, 4) is 5.75 Å². The van der Waals surface area contributed by atoms with Crippen molar-refractivity contribution in [1.29, 1.82) is 0 Å². The molecule has 0 heterocycles. The van der Waals surface area contributed by atoms with Crippen LogP contribution < -0.4 is 10.1 Å². The van der Waals surface area contributed by atoms with Crippen molar-refractivity contribution in [2.75, 3.05) is 19.0 Å². The SMILES string of the molecule is COC(=O)COc1ccc(NC(=O)C2CC2C(=O)O)cc1. The highest BCUT2D eigenvalue weighted by Crippen LogP contribution is 2.39. The predicted octanol–water partition coefficient (Wildman–Crippen LogP) is 0.898. The van der Waals surface area contributed by atoms with E-state index in [0.29, 0.717) is 17.9 Å². The van der Waals surface area contributed by atoms with Crippen LogP contribution in [0.25, 0.3) is 0 Å². The smallest absolute Gasteiger partial charge is 0.343 e.